The number of hydrogen-bond donors (Lipinski definition) is 2. The minimum atomic E-state index is 0.464. The first-order valence-corrected chi connectivity index (χ1v) is 6.56. The molecule has 0 heterocycles. The molecule has 86 valence electrons. The summed E-state index contributed by atoms with van der Waals surface area (Å²) in [6.45, 7) is 0.786. The number of rotatable bonds is 5. The lowest BCUT2D eigenvalue weighted by atomic mass is 10.2. The number of nitrogens with one attached hydrogen (secondary N) is 1. The van der Waals surface area contributed by atoms with Gasteiger partial charge in [0, 0.05) is 12.3 Å². The quantitative estimate of drug-likeness (QED) is 0.491. The predicted octanol–water partition coefficient (Wildman–Crippen LogP) is 3.35. The van der Waals surface area contributed by atoms with Crippen molar-refractivity contribution in [3.63, 3.8) is 0 Å². The Hall–Kier alpha value is -0.690. The van der Waals surface area contributed by atoms with Gasteiger partial charge in [0.25, 0.3) is 0 Å². The normalized spacial score (nSPS) is 9.81. The van der Waals surface area contributed by atoms with Crippen LogP contribution in [0.1, 0.15) is 0 Å². The van der Waals surface area contributed by atoms with Crippen LogP contribution in [-0.2, 0) is 0 Å². The molecule has 16 heavy (non-hydrogen) atoms. The zero-order valence-corrected chi connectivity index (χ0v) is 10.9. The molecular weight excluding hydrogens is 263 g/mol. The Morgan fingerprint density at radius 3 is 2.75 bits per heavy atom. The van der Waals surface area contributed by atoms with Gasteiger partial charge >= 0.3 is 0 Å². The number of benzene rings is 1. The number of nitrogen functional groups attached to an aromatic ring is 1. The number of thioether (sulfide) groups is 1. The monoisotopic (exact) mass is 274 g/mol. The third-order valence-corrected chi connectivity index (χ3v) is 3.43. The van der Waals surface area contributed by atoms with Crippen LogP contribution in [0.15, 0.2) is 12.1 Å². The van der Waals surface area contributed by atoms with Crippen molar-refractivity contribution >= 4 is 46.3 Å². The number of halogens is 2. The van der Waals surface area contributed by atoms with E-state index in [2.05, 4.69) is 11.2 Å². The molecule has 1 aromatic carbocycles. The molecule has 0 bridgehead atoms. The SMILES string of the molecule is C#CCSCCNc1cc(Cl)c(Cl)cc1N. The van der Waals surface area contributed by atoms with Crippen molar-refractivity contribution in [2.45, 2.75) is 0 Å². The summed E-state index contributed by atoms with van der Waals surface area (Å²) >= 11 is 13.4. The van der Waals surface area contributed by atoms with Gasteiger partial charge in [-0.3, -0.25) is 0 Å². The summed E-state index contributed by atoms with van der Waals surface area (Å²) in [4.78, 5) is 0. The Kier molecular flexibility index (Phi) is 5.68. The highest BCUT2D eigenvalue weighted by molar-refractivity contribution is 7.99. The van der Waals surface area contributed by atoms with Crippen LogP contribution in [0.25, 0.3) is 0 Å². The fourth-order valence-electron chi connectivity index (χ4n) is 1.10. The second-order valence-electron chi connectivity index (χ2n) is 3.04. The van der Waals surface area contributed by atoms with Crippen molar-refractivity contribution < 1.29 is 0 Å². The molecule has 1 aromatic rings. The lowest BCUT2D eigenvalue weighted by molar-refractivity contribution is 1.23. The molecule has 3 N–H and O–H groups in total. The smallest absolute Gasteiger partial charge is 0.0614 e. The Bertz CT molecular complexity index is 402. The van der Waals surface area contributed by atoms with Crippen molar-refractivity contribution in [2.24, 2.45) is 0 Å². The zero-order chi connectivity index (χ0) is 12.0. The van der Waals surface area contributed by atoms with Gasteiger partial charge in [-0.05, 0) is 12.1 Å². The first-order valence-electron chi connectivity index (χ1n) is 4.64. The van der Waals surface area contributed by atoms with E-state index in [0.29, 0.717) is 15.7 Å². The second-order valence-corrected chi connectivity index (χ2v) is 4.96. The average Bonchev–Trinajstić information content (AvgIpc) is 2.25. The highest BCUT2D eigenvalue weighted by atomic mass is 35.5. The molecule has 0 atom stereocenters. The Morgan fingerprint density at radius 1 is 1.38 bits per heavy atom. The van der Waals surface area contributed by atoms with E-state index in [-0.39, 0.29) is 0 Å². The first kappa shape index (κ1) is 13.4. The molecule has 0 aliphatic rings. The van der Waals surface area contributed by atoms with Gasteiger partial charge in [-0.2, -0.15) is 0 Å². The summed E-state index contributed by atoms with van der Waals surface area (Å²) in [6, 6.07) is 3.37. The fourth-order valence-corrected chi connectivity index (χ4v) is 1.95. The number of anilines is 2. The third-order valence-electron chi connectivity index (χ3n) is 1.84. The number of terminal acetylenes is 1. The van der Waals surface area contributed by atoms with Crippen LogP contribution in [0.3, 0.4) is 0 Å². The molecular formula is C11H12Cl2N2S. The Labute approximate surface area is 110 Å². The molecule has 0 aliphatic carbocycles. The van der Waals surface area contributed by atoms with E-state index in [1.165, 1.54) is 0 Å². The Morgan fingerprint density at radius 2 is 2.06 bits per heavy atom. The first-order chi connectivity index (χ1) is 7.65. The summed E-state index contributed by atoms with van der Waals surface area (Å²) in [5.74, 6) is 4.21. The molecule has 0 fully saturated rings. The number of hydrogen-bond acceptors (Lipinski definition) is 3. The zero-order valence-electron chi connectivity index (χ0n) is 8.59. The molecule has 0 unspecified atom stereocenters. The molecule has 0 aliphatic heterocycles. The van der Waals surface area contributed by atoms with E-state index in [1.54, 1.807) is 23.9 Å². The van der Waals surface area contributed by atoms with Gasteiger partial charge in [0.05, 0.1) is 27.2 Å². The summed E-state index contributed by atoms with van der Waals surface area (Å²) < 4.78 is 0. The van der Waals surface area contributed by atoms with E-state index < -0.39 is 0 Å². The van der Waals surface area contributed by atoms with Gasteiger partial charge < -0.3 is 11.1 Å². The molecule has 0 saturated carbocycles. The summed E-state index contributed by atoms with van der Waals surface area (Å²) in [5.41, 5.74) is 7.18. The van der Waals surface area contributed by atoms with E-state index in [9.17, 15) is 0 Å². The van der Waals surface area contributed by atoms with Gasteiger partial charge in [0.1, 0.15) is 0 Å². The average molecular weight is 275 g/mol. The van der Waals surface area contributed by atoms with Crippen molar-refractivity contribution in [1.29, 1.82) is 0 Å². The second kappa shape index (κ2) is 6.80. The minimum Gasteiger partial charge on any atom is -0.397 e. The molecule has 0 saturated heterocycles. The van der Waals surface area contributed by atoms with Gasteiger partial charge in [-0.15, -0.1) is 18.2 Å². The van der Waals surface area contributed by atoms with Crippen LogP contribution < -0.4 is 11.1 Å². The summed E-state index contributed by atoms with van der Waals surface area (Å²) in [5, 5.41) is 4.14. The van der Waals surface area contributed by atoms with Crippen LogP contribution in [0.2, 0.25) is 10.0 Å². The molecule has 2 nitrogen and oxygen atoms in total. The van der Waals surface area contributed by atoms with E-state index >= 15 is 0 Å². The minimum absolute atomic E-state index is 0.464. The van der Waals surface area contributed by atoms with Crippen molar-refractivity contribution in [3.8, 4) is 12.3 Å². The topological polar surface area (TPSA) is 38.0 Å². The van der Waals surface area contributed by atoms with Gasteiger partial charge in [-0.1, -0.05) is 29.1 Å². The summed E-state index contributed by atoms with van der Waals surface area (Å²) in [7, 11) is 0. The molecule has 0 aromatic heterocycles. The maximum Gasteiger partial charge on any atom is 0.0614 e. The molecule has 0 spiro atoms. The maximum absolute atomic E-state index is 5.89. The molecule has 5 heteroatoms. The number of nitrogens with two attached hydrogens (primary N) is 1. The van der Waals surface area contributed by atoms with Crippen LogP contribution in [0, 0.1) is 12.3 Å². The molecule has 0 amide bonds. The van der Waals surface area contributed by atoms with Gasteiger partial charge in [0.15, 0.2) is 0 Å². The van der Waals surface area contributed by atoms with E-state index in [4.69, 9.17) is 35.4 Å². The third kappa shape index (κ3) is 4.05. The van der Waals surface area contributed by atoms with E-state index in [0.717, 1.165) is 23.7 Å². The maximum atomic E-state index is 5.89. The summed E-state index contributed by atoms with van der Waals surface area (Å²) in [6.07, 6.45) is 5.14. The van der Waals surface area contributed by atoms with E-state index in [1.807, 2.05) is 0 Å². The van der Waals surface area contributed by atoms with Crippen LogP contribution in [-0.4, -0.2) is 18.1 Å². The lowest BCUT2D eigenvalue weighted by Crippen LogP contribution is -2.06. The van der Waals surface area contributed by atoms with Crippen LogP contribution in [0.4, 0.5) is 11.4 Å². The van der Waals surface area contributed by atoms with Gasteiger partial charge in [-0.25, -0.2) is 0 Å². The Balaban J connectivity index is 2.48. The van der Waals surface area contributed by atoms with Crippen LogP contribution >= 0.6 is 35.0 Å². The van der Waals surface area contributed by atoms with Gasteiger partial charge in [0.2, 0.25) is 0 Å². The van der Waals surface area contributed by atoms with Crippen molar-refractivity contribution in [3.05, 3.63) is 22.2 Å². The molecule has 0 radical (unpaired) electrons. The van der Waals surface area contributed by atoms with Crippen molar-refractivity contribution in [2.75, 3.05) is 29.1 Å². The van der Waals surface area contributed by atoms with Crippen LogP contribution in [0.5, 0.6) is 0 Å². The highest BCUT2D eigenvalue weighted by Crippen LogP contribution is 2.30. The fraction of sp³-hybridized carbons (Fsp3) is 0.273. The molecule has 1 rings (SSSR count). The lowest BCUT2D eigenvalue weighted by Gasteiger charge is -2.10. The largest absolute Gasteiger partial charge is 0.397 e. The predicted molar refractivity (Wildman–Crippen MR) is 75.5 cm³/mol. The van der Waals surface area contributed by atoms with Crippen molar-refractivity contribution in [1.82, 2.24) is 0 Å². The highest BCUT2D eigenvalue weighted by Gasteiger charge is 2.04. The standard InChI is InChI=1S/C11H12Cl2N2S/c1-2-4-16-5-3-15-11-7-9(13)8(12)6-10(11)14/h1,6-7,15H,3-5,14H2.